The molecule has 0 unspecified atom stereocenters. The predicted octanol–water partition coefficient (Wildman–Crippen LogP) is 3.32. The lowest BCUT2D eigenvalue weighted by atomic mass is 10.1. The van der Waals surface area contributed by atoms with Crippen molar-refractivity contribution < 1.29 is 13.6 Å². The number of rotatable bonds is 3. The highest BCUT2D eigenvalue weighted by molar-refractivity contribution is 6.63. The van der Waals surface area contributed by atoms with Gasteiger partial charge in [-0.3, -0.25) is 4.79 Å². The van der Waals surface area contributed by atoms with Crippen LogP contribution in [0.25, 0.3) is 0 Å². The van der Waals surface area contributed by atoms with Crippen molar-refractivity contribution >= 4 is 28.4 Å². The number of carbonyl (C=O) groups is 1. The lowest BCUT2D eigenvalue weighted by Gasteiger charge is -2.01. The molecule has 76 valence electrons. The first-order valence-electron chi connectivity index (χ1n) is 3.82. The van der Waals surface area contributed by atoms with E-state index in [1.807, 2.05) is 0 Å². The molecule has 0 aromatic heterocycles. The second-order valence-corrected chi connectivity index (χ2v) is 3.53. The number of aryl methyl sites for hydroxylation is 1. The third kappa shape index (κ3) is 2.93. The van der Waals surface area contributed by atoms with Crippen molar-refractivity contribution in [3.63, 3.8) is 0 Å². The minimum Gasteiger partial charge on any atom is -0.281 e. The van der Waals surface area contributed by atoms with Gasteiger partial charge in [-0.15, -0.1) is 0 Å². The molecule has 0 aliphatic heterocycles. The molecule has 5 heteroatoms. The van der Waals surface area contributed by atoms with Gasteiger partial charge < -0.3 is 0 Å². The van der Waals surface area contributed by atoms with Gasteiger partial charge >= 0.3 is 0 Å². The number of halogens is 4. The number of benzene rings is 1. The molecule has 0 spiro atoms. The van der Waals surface area contributed by atoms with Gasteiger partial charge in [-0.05, 0) is 35.7 Å². The second kappa shape index (κ2) is 4.71. The summed E-state index contributed by atoms with van der Waals surface area (Å²) in [6.07, 6.45) is 0.245. The zero-order valence-electron chi connectivity index (χ0n) is 6.99. The first kappa shape index (κ1) is 11.4. The first-order valence-corrected chi connectivity index (χ1v) is 4.58. The summed E-state index contributed by atoms with van der Waals surface area (Å²) in [5.41, 5.74) is 0.360. The molecule has 0 fully saturated rings. The van der Waals surface area contributed by atoms with Crippen molar-refractivity contribution in [2.24, 2.45) is 0 Å². The Morgan fingerprint density at radius 2 is 1.79 bits per heavy atom. The molecule has 0 heterocycles. The van der Waals surface area contributed by atoms with Crippen LogP contribution in [0.3, 0.4) is 0 Å². The zero-order chi connectivity index (χ0) is 10.7. The summed E-state index contributed by atoms with van der Waals surface area (Å²) in [5.74, 6) is -1.66. The lowest BCUT2D eigenvalue weighted by Crippen LogP contribution is -1.94. The van der Waals surface area contributed by atoms with Gasteiger partial charge in [0.25, 0.3) is 0 Å². The van der Waals surface area contributed by atoms with E-state index in [-0.39, 0.29) is 12.8 Å². The molecular formula is C9H6Cl2F2O. The van der Waals surface area contributed by atoms with Crippen LogP contribution in [0.5, 0.6) is 0 Å². The fraction of sp³-hybridized carbons (Fsp3) is 0.222. The molecule has 0 saturated heterocycles. The van der Waals surface area contributed by atoms with E-state index in [4.69, 9.17) is 23.2 Å². The van der Waals surface area contributed by atoms with Gasteiger partial charge in [-0.1, -0.05) is 11.6 Å². The van der Waals surface area contributed by atoms with Crippen LogP contribution in [0.1, 0.15) is 12.0 Å². The van der Waals surface area contributed by atoms with Crippen LogP contribution in [0.4, 0.5) is 8.78 Å². The van der Waals surface area contributed by atoms with Crippen molar-refractivity contribution in [3.05, 3.63) is 34.4 Å². The van der Waals surface area contributed by atoms with E-state index in [9.17, 15) is 13.6 Å². The molecule has 0 saturated carbocycles. The van der Waals surface area contributed by atoms with Crippen LogP contribution in [0, 0.1) is 11.6 Å². The van der Waals surface area contributed by atoms with Gasteiger partial charge in [0.05, 0.1) is 0 Å². The van der Waals surface area contributed by atoms with E-state index >= 15 is 0 Å². The Bertz CT molecular complexity index is 343. The molecule has 0 N–H and O–H groups in total. The molecule has 0 atom stereocenters. The number of hydrogen-bond acceptors (Lipinski definition) is 1. The van der Waals surface area contributed by atoms with E-state index in [0.29, 0.717) is 5.56 Å². The molecule has 0 bridgehead atoms. The fourth-order valence-corrected chi connectivity index (χ4v) is 1.20. The van der Waals surface area contributed by atoms with Gasteiger partial charge in [-0.25, -0.2) is 8.78 Å². The maximum absolute atomic E-state index is 12.9. The van der Waals surface area contributed by atoms with E-state index < -0.39 is 21.9 Å². The van der Waals surface area contributed by atoms with Crippen LogP contribution in [-0.2, 0) is 11.2 Å². The molecule has 1 aromatic carbocycles. The Kier molecular flexibility index (Phi) is 3.84. The van der Waals surface area contributed by atoms with Gasteiger partial charge in [0, 0.05) is 6.42 Å². The smallest absolute Gasteiger partial charge is 0.221 e. The number of carbonyl (C=O) groups excluding carboxylic acids is 1. The molecule has 14 heavy (non-hydrogen) atoms. The van der Waals surface area contributed by atoms with E-state index in [1.54, 1.807) is 0 Å². The molecule has 1 nitrogen and oxygen atoms in total. The molecule has 0 aliphatic carbocycles. The van der Waals surface area contributed by atoms with E-state index in [1.165, 1.54) is 0 Å². The minimum absolute atomic E-state index is 0.0437. The van der Waals surface area contributed by atoms with Crippen molar-refractivity contribution in [2.75, 3.05) is 0 Å². The van der Waals surface area contributed by atoms with Crippen LogP contribution in [0.2, 0.25) is 5.02 Å². The summed E-state index contributed by atoms with van der Waals surface area (Å²) in [4.78, 5) is 10.4. The fourth-order valence-electron chi connectivity index (χ4n) is 0.995. The van der Waals surface area contributed by atoms with Crippen LogP contribution in [0.15, 0.2) is 12.1 Å². The third-order valence-corrected chi connectivity index (χ3v) is 2.20. The summed E-state index contributed by atoms with van der Waals surface area (Å²) in [7, 11) is 0. The maximum atomic E-state index is 12.9. The average molecular weight is 239 g/mol. The SMILES string of the molecule is O=C(Cl)CCc1cc(F)c(Cl)c(F)c1. The molecule has 0 aliphatic rings. The Morgan fingerprint density at radius 1 is 1.29 bits per heavy atom. The van der Waals surface area contributed by atoms with E-state index in [0.717, 1.165) is 12.1 Å². The lowest BCUT2D eigenvalue weighted by molar-refractivity contribution is -0.111. The molecule has 0 amide bonds. The monoisotopic (exact) mass is 238 g/mol. The molecule has 1 aromatic rings. The molecule has 1 rings (SSSR count). The van der Waals surface area contributed by atoms with Crippen LogP contribution < -0.4 is 0 Å². The second-order valence-electron chi connectivity index (χ2n) is 2.73. The summed E-state index contributed by atoms with van der Waals surface area (Å²) in [6.45, 7) is 0. The van der Waals surface area contributed by atoms with Crippen molar-refractivity contribution in [1.82, 2.24) is 0 Å². The molecule has 0 radical (unpaired) electrons. The van der Waals surface area contributed by atoms with Crippen molar-refractivity contribution in [2.45, 2.75) is 12.8 Å². The summed E-state index contributed by atoms with van der Waals surface area (Å²) in [6, 6.07) is 2.18. The molecular weight excluding hydrogens is 233 g/mol. The van der Waals surface area contributed by atoms with Gasteiger partial charge in [-0.2, -0.15) is 0 Å². The predicted molar refractivity (Wildman–Crippen MR) is 50.5 cm³/mol. The highest BCUT2D eigenvalue weighted by atomic mass is 35.5. The Balaban J connectivity index is 2.84. The van der Waals surface area contributed by atoms with Crippen molar-refractivity contribution in [3.8, 4) is 0 Å². The van der Waals surface area contributed by atoms with Crippen molar-refractivity contribution in [1.29, 1.82) is 0 Å². The zero-order valence-corrected chi connectivity index (χ0v) is 8.50. The Hall–Kier alpha value is -0.670. The summed E-state index contributed by atoms with van der Waals surface area (Å²) in [5, 5.41) is -1.08. The quantitative estimate of drug-likeness (QED) is 0.584. The van der Waals surface area contributed by atoms with E-state index in [2.05, 4.69) is 0 Å². The third-order valence-electron chi connectivity index (χ3n) is 1.65. The summed E-state index contributed by atoms with van der Waals surface area (Å²) < 4.78 is 25.7. The Morgan fingerprint density at radius 3 is 2.21 bits per heavy atom. The largest absolute Gasteiger partial charge is 0.281 e. The van der Waals surface area contributed by atoms with Crippen LogP contribution >= 0.6 is 23.2 Å². The van der Waals surface area contributed by atoms with Gasteiger partial charge in [0.2, 0.25) is 5.24 Å². The topological polar surface area (TPSA) is 17.1 Å². The number of hydrogen-bond donors (Lipinski definition) is 0. The highest BCUT2D eigenvalue weighted by Gasteiger charge is 2.09. The Labute approximate surface area is 89.6 Å². The normalized spacial score (nSPS) is 10.3. The van der Waals surface area contributed by atoms with Gasteiger partial charge in [0.1, 0.15) is 16.7 Å². The summed E-state index contributed by atoms with van der Waals surface area (Å²) >= 11 is 10.4. The highest BCUT2D eigenvalue weighted by Crippen LogP contribution is 2.21. The first-order chi connectivity index (χ1) is 6.50. The standard InChI is InChI=1S/C9H6Cl2F2O/c10-8(14)2-1-5-3-6(12)9(11)7(13)4-5/h3-4H,1-2H2. The maximum Gasteiger partial charge on any atom is 0.221 e. The van der Waals surface area contributed by atoms with Crippen LogP contribution in [-0.4, -0.2) is 5.24 Å². The van der Waals surface area contributed by atoms with Gasteiger partial charge in [0.15, 0.2) is 0 Å². The average Bonchev–Trinajstić information content (AvgIpc) is 2.10. The minimum atomic E-state index is -0.830.